The molecule has 2 atom stereocenters. The van der Waals surface area contributed by atoms with Gasteiger partial charge >= 0.3 is 0 Å². The number of hydrogen-bond donors (Lipinski definition) is 1. The van der Waals surface area contributed by atoms with Crippen molar-refractivity contribution < 1.29 is 4.79 Å². The molecular weight excluding hydrogens is 224 g/mol. The smallest absolute Gasteiger partial charge is 0.243 e. The molecule has 104 valence electrons. The molecule has 1 amide bonds. The van der Waals surface area contributed by atoms with Gasteiger partial charge in [-0.15, -0.1) is 0 Å². The first-order chi connectivity index (χ1) is 8.57. The summed E-state index contributed by atoms with van der Waals surface area (Å²) >= 11 is 0. The molecule has 2 aliphatic rings. The number of carbonyl (C=O) groups excluding carboxylic acids is 1. The van der Waals surface area contributed by atoms with Crippen LogP contribution in [0.2, 0.25) is 0 Å². The molecule has 18 heavy (non-hydrogen) atoms. The predicted molar refractivity (Wildman–Crippen MR) is 74.2 cm³/mol. The highest BCUT2D eigenvalue weighted by molar-refractivity contribution is 5.88. The topological polar surface area (TPSA) is 32.3 Å². The molecule has 0 aromatic rings. The molecule has 1 N–H and O–H groups in total. The normalized spacial score (nSPS) is 33.6. The monoisotopic (exact) mass is 252 g/mol. The van der Waals surface area contributed by atoms with Crippen LogP contribution < -0.4 is 5.32 Å². The molecule has 2 rings (SSSR count). The van der Waals surface area contributed by atoms with Crippen LogP contribution in [0.3, 0.4) is 0 Å². The van der Waals surface area contributed by atoms with Crippen molar-refractivity contribution in [2.75, 3.05) is 6.54 Å². The molecule has 0 radical (unpaired) electrons. The van der Waals surface area contributed by atoms with Crippen molar-refractivity contribution in [3.05, 3.63) is 0 Å². The number of nitrogens with one attached hydrogen (secondary N) is 1. The standard InChI is InChI=1S/C15H28N2O/c1-4-15(3)14(18)17(12(2)16-15)11-7-10-13-8-5-6-9-13/h12-13,16H,4-11H2,1-3H3. The lowest BCUT2D eigenvalue weighted by molar-refractivity contribution is -0.132. The molecule has 0 bridgehead atoms. The Kier molecular flexibility index (Phi) is 4.31. The SMILES string of the molecule is CCC1(C)NC(C)N(CCCC2CCCC2)C1=O. The third-order valence-corrected chi connectivity index (χ3v) is 4.92. The van der Waals surface area contributed by atoms with Gasteiger partial charge in [-0.3, -0.25) is 10.1 Å². The van der Waals surface area contributed by atoms with E-state index in [9.17, 15) is 4.79 Å². The van der Waals surface area contributed by atoms with Crippen molar-refractivity contribution in [2.24, 2.45) is 5.92 Å². The minimum atomic E-state index is -0.327. The Morgan fingerprint density at radius 1 is 1.39 bits per heavy atom. The molecule has 1 saturated carbocycles. The van der Waals surface area contributed by atoms with Crippen LogP contribution in [0, 0.1) is 5.92 Å². The van der Waals surface area contributed by atoms with Crippen molar-refractivity contribution in [1.82, 2.24) is 10.2 Å². The maximum Gasteiger partial charge on any atom is 0.243 e. The van der Waals surface area contributed by atoms with E-state index < -0.39 is 0 Å². The lowest BCUT2D eigenvalue weighted by atomic mass is 9.99. The average molecular weight is 252 g/mol. The summed E-state index contributed by atoms with van der Waals surface area (Å²) in [6.07, 6.45) is 9.20. The van der Waals surface area contributed by atoms with Crippen molar-refractivity contribution >= 4 is 5.91 Å². The maximum absolute atomic E-state index is 12.4. The van der Waals surface area contributed by atoms with E-state index >= 15 is 0 Å². The molecule has 2 unspecified atom stereocenters. The summed E-state index contributed by atoms with van der Waals surface area (Å²) in [7, 11) is 0. The second kappa shape index (κ2) is 5.60. The fraction of sp³-hybridized carbons (Fsp3) is 0.933. The van der Waals surface area contributed by atoms with E-state index in [-0.39, 0.29) is 11.7 Å². The molecule has 3 heteroatoms. The second-order valence-corrected chi connectivity index (χ2v) is 6.30. The number of rotatable bonds is 5. The van der Waals surface area contributed by atoms with E-state index in [0.29, 0.717) is 5.91 Å². The Hall–Kier alpha value is -0.570. The van der Waals surface area contributed by atoms with Gasteiger partial charge in [0.15, 0.2) is 0 Å². The van der Waals surface area contributed by atoms with E-state index in [0.717, 1.165) is 18.9 Å². The number of nitrogens with zero attached hydrogens (tertiary/aromatic N) is 1. The predicted octanol–water partition coefficient (Wildman–Crippen LogP) is 2.90. The highest BCUT2D eigenvalue weighted by Gasteiger charge is 2.44. The van der Waals surface area contributed by atoms with Crippen molar-refractivity contribution in [3.63, 3.8) is 0 Å². The van der Waals surface area contributed by atoms with E-state index in [4.69, 9.17) is 0 Å². The Balaban J connectivity index is 1.80. The van der Waals surface area contributed by atoms with Crippen molar-refractivity contribution in [1.29, 1.82) is 0 Å². The number of amides is 1. The maximum atomic E-state index is 12.4. The quantitative estimate of drug-likeness (QED) is 0.816. The zero-order valence-electron chi connectivity index (χ0n) is 12.2. The van der Waals surface area contributed by atoms with Crippen LogP contribution in [-0.2, 0) is 4.79 Å². The third-order valence-electron chi connectivity index (χ3n) is 4.92. The molecule has 1 saturated heterocycles. The fourth-order valence-corrected chi connectivity index (χ4v) is 3.49. The zero-order chi connectivity index (χ0) is 13.2. The lowest BCUT2D eigenvalue weighted by Crippen LogP contribution is -2.43. The van der Waals surface area contributed by atoms with E-state index in [1.165, 1.54) is 38.5 Å². The van der Waals surface area contributed by atoms with Gasteiger partial charge in [0.25, 0.3) is 0 Å². The minimum absolute atomic E-state index is 0.200. The third kappa shape index (κ3) is 2.71. The Labute approximate surface area is 111 Å². The van der Waals surface area contributed by atoms with Crippen LogP contribution in [0.4, 0.5) is 0 Å². The molecule has 0 spiro atoms. The average Bonchev–Trinajstić information content (AvgIpc) is 2.92. The summed E-state index contributed by atoms with van der Waals surface area (Å²) < 4.78 is 0. The second-order valence-electron chi connectivity index (χ2n) is 6.30. The van der Waals surface area contributed by atoms with Gasteiger partial charge in [-0.1, -0.05) is 32.6 Å². The summed E-state index contributed by atoms with van der Waals surface area (Å²) in [5, 5.41) is 3.43. The van der Waals surface area contributed by atoms with Gasteiger partial charge in [0.1, 0.15) is 0 Å². The summed E-state index contributed by atoms with van der Waals surface area (Å²) in [4.78, 5) is 14.4. The number of hydrogen-bond acceptors (Lipinski definition) is 2. The highest BCUT2D eigenvalue weighted by atomic mass is 16.2. The molecule has 3 nitrogen and oxygen atoms in total. The van der Waals surface area contributed by atoms with E-state index in [1.807, 2.05) is 11.8 Å². The molecule has 0 aromatic heterocycles. The summed E-state index contributed by atoms with van der Waals surface area (Å²) in [5.74, 6) is 1.23. The molecule has 2 fully saturated rings. The van der Waals surface area contributed by atoms with Gasteiger partial charge in [0.05, 0.1) is 11.7 Å². The molecule has 1 aliphatic carbocycles. The minimum Gasteiger partial charge on any atom is -0.326 e. The summed E-state index contributed by atoms with van der Waals surface area (Å²) in [6.45, 7) is 7.15. The molecule has 0 aromatic carbocycles. The zero-order valence-corrected chi connectivity index (χ0v) is 12.2. The molecule has 1 aliphatic heterocycles. The Morgan fingerprint density at radius 3 is 2.61 bits per heavy atom. The van der Waals surface area contributed by atoms with Gasteiger partial charge in [0.2, 0.25) is 5.91 Å². The van der Waals surface area contributed by atoms with Crippen LogP contribution in [0.1, 0.15) is 65.7 Å². The van der Waals surface area contributed by atoms with Gasteiger partial charge in [-0.25, -0.2) is 0 Å². The number of carbonyl (C=O) groups is 1. The summed E-state index contributed by atoms with van der Waals surface area (Å²) in [5.41, 5.74) is -0.327. The van der Waals surface area contributed by atoms with Gasteiger partial charge in [-0.05, 0) is 39.0 Å². The van der Waals surface area contributed by atoms with Crippen molar-refractivity contribution in [3.8, 4) is 0 Å². The Bertz CT molecular complexity index is 299. The van der Waals surface area contributed by atoms with E-state index in [2.05, 4.69) is 19.2 Å². The van der Waals surface area contributed by atoms with Gasteiger partial charge < -0.3 is 4.90 Å². The van der Waals surface area contributed by atoms with Crippen LogP contribution in [-0.4, -0.2) is 29.1 Å². The first-order valence-corrected chi connectivity index (χ1v) is 7.65. The first kappa shape index (κ1) is 13.9. The van der Waals surface area contributed by atoms with Gasteiger partial charge in [-0.2, -0.15) is 0 Å². The fourth-order valence-electron chi connectivity index (χ4n) is 3.49. The highest BCUT2D eigenvalue weighted by Crippen LogP contribution is 2.29. The first-order valence-electron chi connectivity index (χ1n) is 7.65. The Morgan fingerprint density at radius 2 is 2.06 bits per heavy atom. The van der Waals surface area contributed by atoms with E-state index in [1.54, 1.807) is 0 Å². The summed E-state index contributed by atoms with van der Waals surface area (Å²) in [6, 6.07) is 0. The molecular formula is C15H28N2O. The lowest BCUT2D eigenvalue weighted by Gasteiger charge is -2.22. The van der Waals surface area contributed by atoms with Crippen LogP contribution in [0.15, 0.2) is 0 Å². The van der Waals surface area contributed by atoms with Crippen LogP contribution in [0.25, 0.3) is 0 Å². The van der Waals surface area contributed by atoms with Crippen LogP contribution in [0.5, 0.6) is 0 Å². The largest absolute Gasteiger partial charge is 0.326 e. The van der Waals surface area contributed by atoms with Crippen molar-refractivity contribution in [2.45, 2.75) is 77.4 Å². The van der Waals surface area contributed by atoms with Crippen LogP contribution >= 0.6 is 0 Å². The van der Waals surface area contributed by atoms with Gasteiger partial charge in [0, 0.05) is 6.54 Å². The molecule has 1 heterocycles.